The van der Waals surface area contributed by atoms with Crippen LogP contribution in [0.1, 0.15) is 12.6 Å². The quantitative estimate of drug-likeness (QED) is 0.923. The summed E-state index contributed by atoms with van der Waals surface area (Å²) in [6.45, 7) is 1.96. The van der Waals surface area contributed by atoms with Crippen molar-refractivity contribution < 1.29 is 0 Å². The van der Waals surface area contributed by atoms with E-state index in [1.54, 1.807) is 6.07 Å². The van der Waals surface area contributed by atoms with Crippen molar-refractivity contribution in [2.24, 2.45) is 0 Å². The highest BCUT2D eigenvalue weighted by atomic mass is 79.9. The lowest BCUT2D eigenvalue weighted by molar-refractivity contribution is 0.987. The fraction of sp³-hybridized carbons (Fsp3) is 0.167. The van der Waals surface area contributed by atoms with Crippen LogP contribution < -0.4 is 5.56 Å². The Kier molecular flexibility index (Phi) is 3.64. The molecular formula is C12H10BrClN2O. The lowest BCUT2D eigenvalue weighted by Gasteiger charge is -2.04. The Hall–Kier alpha value is -1.13. The number of aromatic nitrogens is 2. The Bertz CT molecular complexity index is 610. The molecule has 2 rings (SSSR count). The molecule has 1 N–H and O–H groups in total. The number of nitrogens with one attached hydrogen (secondary N) is 1. The minimum absolute atomic E-state index is 0.147. The number of aryl methyl sites for hydroxylation is 1. The molecule has 0 unspecified atom stereocenters. The van der Waals surface area contributed by atoms with E-state index in [1.165, 1.54) is 6.07 Å². The summed E-state index contributed by atoms with van der Waals surface area (Å²) >= 11 is 9.33. The molecule has 0 atom stereocenters. The second kappa shape index (κ2) is 5.02. The van der Waals surface area contributed by atoms with Crippen molar-refractivity contribution in [2.45, 2.75) is 13.3 Å². The number of hydrogen-bond acceptors (Lipinski definition) is 2. The Balaban J connectivity index is 2.55. The summed E-state index contributed by atoms with van der Waals surface area (Å²) in [7, 11) is 0. The average Bonchev–Trinajstić information content (AvgIpc) is 2.32. The van der Waals surface area contributed by atoms with E-state index in [0.717, 1.165) is 22.2 Å². The summed E-state index contributed by atoms with van der Waals surface area (Å²) < 4.78 is 0.817. The first-order valence-electron chi connectivity index (χ1n) is 5.16. The van der Waals surface area contributed by atoms with Crippen molar-refractivity contribution in [1.29, 1.82) is 0 Å². The minimum Gasteiger partial charge on any atom is -0.307 e. The van der Waals surface area contributed by atoms with Gasteiger partial charge in [0.2, 0.25) is 0 Å². The summed E-state index contributed by atoms with van der Waals surface area (Å²) in [5.74, 6) is 0.545. The van der Waals surface area contributed by atoms with Crippen LogP contribution in [-0.4, -0.2) is 9.97 Å². The lowest BCUT2D eigenvalue weighted by Crippen LogP contribution is -2.09. The van der Waals surface area contributed by atoms with E-state index >= 15 is 0 Å². The van der Waals surface area contributed by atoms with Crippen molar-refractivity contribution in [3.63, 3.8) is 0 Å². The molecule has 0 aliphatic heterocycles. The monoisotopic (exact) mass is 312 g/mol. The fourth-order valence-electron chi connectivity index (χ4n) is 1.47. The van der Waals surface area contributed by atoms with Crippen LogP contribution in [-0.2, 0) is 6.42 Å². The molecule has 0 aliphatic rings. The number of H-pyrrole nitrogens is 1. The molecule has 0 fully saturated rings. The molecule has 1 aromatic heterocycles. The molecule has 3 nitrogen and oxygen atoms in total. The van der Waals surface area contributed by atoms with E-state index in [9.17, 15) is 4.79 Å². The van der Waals surface area contributed by atoms with E-state index in [4.69, 9.17) is 11.6 Å². The van der Waals surface area contributed by atoms with Crippen molar-refractivity contribution in [3.8, 4) is 11.4 Å². The molecule has 0 saturated carbocycles. The van der Waals surface area contributed by atoms with E-state index in [-0.39, 0.29) is 5.56 Å². The maximum absolute atomic E-state index is 11.5. The molecule has 2 aromatic rings. The van der Waals surface area contributed by atoms with Gasteiger partial charge in [-0.3, -0.25) is 4.79 Å². The minimum atomic E-state index is -0.147. The number of benzene rings is 1. The normalized spacial score (nSPS) is 10.5. The average molecular weight is 314 g/mol. The third-order valence-corrected chi connectivity index (χ3v) is 3.58. The lowest BCUT2D eigenvalue weighted by atomic mass is 10.2. The van der Waals surface area contributed by atoms with Gasteiger partial charge in [0.05, 0.1) is 5.02 Å². The van der Waals surface area contributed by atoms with Crippen molar-refractivity contribution in [2.75, 3.05) is 0 Å². The van der Waals surface area contributed by atoms with Crippen LogP contribution in [0.5, 0.6) is 0 Å². The first-order valence-corrected chi connectivity index (χ1v) is 6.33. The summed E-state index contributed by atoms with van der Waals surface area (Å²) in [6, 6.07) is 6.96. The number of aromatic amines is 1. The van der Waals surface area contributed by atoms with Gasteiger partial charge in [-0.2, -0.15) is 0 Å². The van der Waals surface area contributed by atoms with E-state index in [2.05, 4.69) is 25.9 Å². The van der Waals surface area contributed by atoms with Crippen molar-refractivity contribution in [3.05, 3.63) is 49.8 Å². The number of hydrogen-bond donors (Lipinski definition) is 1. The highest BCUT2D eigenvalue weighted by Gasteiger charge is 2.05. The zero-order valence-electron chi connectivity index (χ0n) is 9.13. The van der Waals surface area contributed by atoms with Crippen LogP contribution in [0, 0.1) is 0 Å². The number of halogens is 2. The molecule has 5 heteroatoms. The van der Waals surface area contributed by atoms with Crippen molar-refractivity contribution in [1.82, 2.24) is 9.97 Å². The van der Waals surface area contributed by atoms with Gasteiger partial charge in [0.15, 0.2) is 0 Å². The van der Waals surface area contributed by atoms with Crippen LogP contribution in [0.2, 0.25) is 5.02 Å². The first kappa shape index (κ1) is 12.3. The topological polar surface area (TPSA) is 45.8 Å². The Morgan fingerprint density at radius 1 is 1.41 bits per heavy atom. The Morgan fingerprint density at radius 3 is 2.82 bits per heavy atom. The van der Waals surface area contributed by atoms with Crippen molar-refractivity contribution >= 4 is 27.5 Å². The highest BCUT2D eigenvalue weighted by Crippen LogP contribution is 2.26. The Morgan fingerprint density at radius 2 is 2.18 bits per heavy atom. The second-order valence-corrected chi connectivity index (χ2v) is 4.83. The van der Waals surface area contributed by atoms with E-state index < -0.39 is 0 Å². The van der Waals surface area contributed by atoms with Crippen LogP contribution in [0.3, 0.4) is 0 Å². The molecule has 0 radical (unpaired) electrons. The zero-order valence-corrected chi connectivity index (χ0v) is 11.5. The van der Waals surface area contributed by atoms with Crippen LogP contribution >= 0.6 is 27.5 Å². The molecule has 1 aromatic carbocycles. The molecule has 0 spiro atoms. The zero-order chi connectivity index (χ0) is 12.4. The van der Waals surface area contributed by atoms with Gasteiger partial charge in [-0.25, -0.2) is 4.98 Å². The smallest absolute Gasteiger partial charge is 0.251 e. The summed E-state index contributed by atoms with van der Waals surface area (Å²) in [5.41, 5.74) is 1.42. The molecule has 1 heterocycles. The van der Waals surface area contributed by atoms with Gasteiger partial charge in [0.1, 0.15) is 5.82 Å². The van der Waals surface area contributed by atoms with Gasteiger partial charge in [0.25, 0.3) is 5.56 Å². The molecule has 17 heavy (non-hydrogen) atoms. The summed E-state index contributed by atoms with van der Waals surface area (Å²) in [4.78, 5) is 18.5. The molecule has 0 bridgehead atoms. The van der Waals surface area contributed by atoms with Gasteiger partial charge in [-0.15, -0.1) is 0 Å². The molecule has 0 amide bonds. The van der Waals surface area contributed by atoms with Crippen LogP contribution in [0.15, 0.2) is 33.5 Å². The van der Waals surface area contributed by atoms with Crippen LogP contribution in [0.4, 0.5) is 0 Å². The predicted molar refractivity (Wildman–Crippen MR) is 72.4 cm³/mol. The molecular weight excluding hydrogens is 304 g/mol. The van der Waals surface area contributed by atoms with Gasteiger partial charge in [0, 0.05) is 21.8 Å². The van der Waals surface area contributed by atoms with Gasteiger partial charge >= 0.3 is 0 Å². The number of rotatable bonds is 2. The van der Waals surface area contributed by atoms with Crippen LogP contribution in [0.25, 0.3) is 11.4 Å². The van der Waals surface area contributed by atoms with Gasteiger partial charge in [-0.1, -0.05) is 24.6 Å². The maximum Gasteiger partial charge on any atom is 0.251 e. The predicted octanol–water partition coefficient (Wildman–Crippen LogP) is 3.42. The van der Waals surface area contributed by atoms with Gasteiger partial charge in [-0.05, 0) is 34.5 Å². The largest absolute Gasteiger partial charge is 0.307 e. The maximum atomic E-state index is 11.5. The Labute approximate surface area is 112 Å². The van der Waals surface area contributed by atoms with Gasteiger partial charge < -0.3 is 4.98 Å². The highest BCUT2D eigenvalue weighted by molar-refractivity contribution is 9.10. The second-order valence-electron chi connectivity index (χ2n) is 3.57. The number of nitrogens with zero attached hydrogens (tertiary/aromatic N) is 1. The van der Waals surface area contributed by atoms with E-state index in [1.807, 2.05) is 19.1 Å². The molecule has 0 aliphatic carbocycles. The SMILES string of the molecule is CCc1cc(=O)[nH]c(-c2ccc(Br)c(Cl)c2)n1. The summed E-state index contributed by atoms with van der Waals surface area (Å²) in [6.07, 6.45) is 0.723. The molecule has 0 saturated heterocycles. The van der Waals surface area contributed by atoms with E-state index in [0.29, 0.717) is 10.8 Å². The first-order chi connectivity index (χ1) is 8.10. The third kappa shape index (κ3) is 2.76. The summed E-state index contributed by atoms with van der Waals surface area (Å²) in [5, 5.41) is 0.590. The standard InChI is InChI=1S/C12H10BrClN2O/c1-2-8-6-11(17)16-12(15-8)7-3-4-9(13)10(14)5-7/h3-6H,2H2,1H3,(H,15,16,17). The third-order valence-electron chi connectivity index (χ3n) is 2.35. The fourth-order valence-corrected chi connectivity index (χ4v) is 1.90. The molecule has 88 valence electrons.